The fourth-order valence-corrected chi connectivity index (χ4v) is 1.42. The van der Waals surface area contributed by atoms with Crippen molar-refractivity contribution in [2.45, 2.75) is 25.8 Å². The molecule has 0 radical (unpaired) electrons. The lowest BCUT2D eigenvalue weighted by Crippen LogP contribution is -2.48. The van der Waals surface area contributed by atoms with E-state index in [1.54, 1.807) is 13.0 Å². The largest absolute Gasteiger partial charge is 0.494 e. The van der Waals surface area contributed by atoms with Crippen LogP contribution in [0.4, 0.5) is 4.39 Å². The molecule has 0 aromatic heterocycles. The standard InChI is InChI=1S/C13H18FNO3/c1-4-13(2,8-16)15-12(17)9-6-5-7-10(18-3)11(9)14/h5-7,16H,4,8H2,1-3H3,(H,15,17). The third-order valence-corrected chi connectivity index (χ3v) is 2.97. The molecular weight excluding hydrogens is 237 g/mol. The number of nitrogens with one attached hydrogen (secondary N) is 1. The van der Waals surface area contributed by atoms with Crippen LogP contribution in [0.2, 0.25) is 0 Å². The van der Waals surface area contributed by atoms with Crippen molar-refractivity contribution in [3.63, 3.8) is 0 Å². The molecule has 1 rings (SSSR count). The van der Waals surface area contributed by atoms with Crippen LogP contribution >= 0.6 is 0 Å². The van der Waals surface area contributed by atoms with Crippen molar-refractivity contribution in [3.8, 4) is 5.75 Å². The Morgan fingerprint density at radius 1 is 1.56 bits per heavy atom. The highest BCUT2D eigenvalue weighted by atomic mass is 19.1. The Bertz CT molecular complexity index is 430. The van der Waals surface area contributed by atoms with Gasteiger partial charge in [-0.05, 0) is 25.5 Å². The fraction of sp³-hybridized carbons (Fsp3) is 0.462. The first-order chi connectivity index (χ1) is 8.47. The van der Waals surface area contributed by atoms with E-state index < -0.39 is 17.3 Å². The Kier molecular flexibility index (Phi) is 4.67. The van der Waals surface area contributed by atoms with Crippen LogP contribution in [0.15, 0.2) is 18.2 Å². The van der Waals surface area contributed by atoms with Crippen LogP contribution in [0.3, 0.4) is 0 Å². The molecule has 18 heavy (non-hydrogen) atoms. The number of carbonyl (C=O) groups excluding carboxylic acids is 1. The van der Waals surface area contributed by atoms with Crippen LogP contribution in [0.25, 0.3) is 0 Å². The van der Waals surface area contributed by atoms with Gasteiger partial charge in [0.05, 0.1) is 24.8 Å². The molecular formula is C13H18FNO3. The second-order valence-electron chi connectivity index (χ2n) is 4.35. The summed E-state index contributed by atoms with van der Waals surface area (Å²) in [6.45, 7) is 3.32. The summed E-state index contributed by atoms with van der Waals surface area (Å²) in [5.74, 6) is -1.25. The van der Waals surface area contributed by atoms with Crippen LogP contribution in [0, 0.1) is 5.82 Å². The van der Waals surface area contributed by atoms with E-state index in [1.807, 2.05) is 6.92 Å². The highest BCUT2D eigenvalue weighted by molar-refractivity contribution is 5.95. The van der Waals surface area contributed by atoms with Crippen LogP contribution < -0.4 is 10.1 Å². The molecule has 0 saturated carbocycles. The van der Waals surface area contributed by atoms with Gasteiger partial charge in [0.25, 0.3) is 5.91 Å². The topological polar surface area (TPSA) is 58.6 Å². The van der Waals surface area contributed by atoms with Crippen LogP contribution in [-0.4, -0.2) is 30.3 Å². The molecule has 0 heterocycles. The van der Waals surface area contributed by atoms with Gasteiger partial charge in [-0.2, -0.15) is 0 Å². The quantitative estimate of drug-likeness (QED) is 0.842. The van der Waals surface area contributed by atoms with Crippen LogP contribution in [0.1, 0.15) is 30.6 Å². The number of ether oxygens (including phenoxy) is 1. The summed E-state index contributed by atoms with van der Waals surface area (Å²) in [5.41, 5.74) is -0.852. The highest BCUT2D eigenvalue weighted by Crippen LogP contribution is 2.20. The maximum atomic E-state index is 13.9. The summed E-state index contributed by atoms with van der Waals surface area (Å²) >= 11 is 0. The predicted octanol–water partition coefficient (Wildman–Crippen LogP) is 1.73. The van der Waals surface area contributed by atoms with Gasteiger partial charge in [0, 0.05) is 0 Å². The number of hydrogen-bond donors (Lipinski definition) is 2. The zero-order valence-corrected chi connectivity index (χ0v) is 10.8. The van der Waals surface area contributed by atoms with Gasteiger partial charge in [-0.15, -0.1) is 0 Å². The number of methoxy groups -OCH3 is 1. The molecule has 1 unspecified atom stereocenters. The van der Waals surface area contributed by atoms with Crippen LogP contribution in [0.5, 0.6) is 5.75 Å². The monoisotopic (exact) mass is 255 g/mol. The molecule has 0 aliphatic heterocycles. The molecule has 1 amide bonds. The minimum Gasteiger partial charge on any atom is -0.494 e. The van der Waals surface area contributed by atoms with Crippen molar-refractivity contribution >= 4 is 5.91 Å². The van der Waals surface area contributed by atoms with Gasteiger partial charge >= 0.3 is 0 Å². The second kappa shape index (κ2) is 5.82. The zero-order valence-electron chi connectivity index (χ0n) is 10.8. The number of hydrogen-bond acceptors (Lipinski definition) is 3. The summed E-state index contributed by atoms with van der Waals surface area (Å²) < 4.78 is 18.7. The zero-order chi connectivity index (χ0) is 13.8. The number of rotatable bonds is 5. The molecule has 1 aromatic rings. The van der Waals surface area contributed by atoms with Gasteiger partial charge in [-0.1, -0.05) is 13.0 Å². The first-order valence-electron chi connectivity index (χ1n) is 5.73. The van der Waals surface area contributed by atoms with E-state index in [0.717, 1.165) is 0 Å². The average molecular weight is 255 g/mol. The Morgan fingerprint density at radius 3 is 2.72 bits per heavy atom. The number of amides is 1. The normalized spacial score (nSPS) is 13.8. The molecule has 1 atom stereocenters. The first kappa shape index (κ1) is 14.4. The highest BCUT2D eigenvalue weighted by Gasteiger charge is 2.25. The molecule has 0 aliphatic rings. The molecule has 0 bridgehead atoms. The summed E-state index contributed by atoms with van der Waals surface area (Å²) in [6, 6.07) is 4.36. The van der Waals surface area contributed by atoms with Crippen molar-refractivity contribution in [1.82, 2.24) is 5.32 Å². The maximum Gasteiger partial charge on any atom is 0.254 e. The van der Waals surface area contributed by atoms with E-state index in [1.165, 1.54) is 19.2 Å². The van der Waals surface area contributed by atoms with Crippen molar-refractivity contribution < 1.29 is 19.0 Å². The molecule has 5 heteroatoms. The minimum atomic E-state index is -0.757. The fourth-order valence-electron chi connectivity index (χ4n) is 1.42. The maximum absolute atomic E-state index is 13.9. The van der Waals surface area contributed by atoms with Gasteiger partial charge in [-0.3, -0.25) is 4.79 Å². The average Bonchev–Trinajstić information content (AvgIpc) is 2.38. The van der Waals surface area contributed by atoms with E-state index in [-0.39, 0.29) is 17.9 Å². The lowest BCUT2D eigenvalue weighted by atomic mass is 9.99. The van der Waals surface area contributed by atoms with Crippen molar-refractivity contribution in [2.75, 3.05) is 13.7 Å². The molecule has 0 spiro atoms. The summed E-state index contributed by atoms with van der Waals surface area (Å²) in [4.78, 5) is 11.9. The van der Waals surface area contributed by atoms with Crippen molar-refractivity contribution in [2.24, 2.45) is 0 Å². The molecule has 1 aromatic carbocycles. The van der Waals surface area contributed by atoms with E-state index in [2.05, 4.69) is 5.32 Å². The summed E-state index contributed by atoms with van der Waals surface area (Å²) in [6.07, 6.45) is 0.542. The third-order valence-electron chi connectivity index (χ3n) is 2.97. The lowest BCUT2D eigenvalue weighted by molar-refractivity contribution is 0.0842. The molecule has 100 valence electrons. The number of halogens is 1. The lowest BCUT2D eigenvalue weighted by Gasteiger charge is -2.27. The minimum absolute atomic E-state index is 0.0184. The number of aliphatic hydroxyl groups excluding tert-OH is 1. The van der Waals surface area contributed by atoms with Gasteiger partial charge in [-0.25, -0.2) is 4.39 Å². The molecule has 2 N–H and O–H groups in total. The summed E-state index contributed by atoms with van der Waals surface area (Å²) in [7, 11) is 1.34. The van der Waals surface area contributed by atoms with E-state index in [4.69, 9.17) is 4.74 Å². The van der Waals surface area contributed by atoms with E-state index in [0.29, 0.717) is 6.42 Å². The molecule has 0 aliphatic carbocycles. The Balaban J connectivity index is 2.98. The third kappa shape index (κ3) is 2.98. The molecule has 4 nitrogen and oxygen atoms in total. The van der Waals surface area contributed by atoms with E-state index in [9.17, 15) is 14.3 Å². The number of benzene rings is 1. The Labute approximate surface area is 106 Å². The van der Waals surface area contributed by atoms with Gasteiger partial charge in [0.2, 0.25) is 0 Å². The Morgan fingerprint density at radius 2 is 2.22 bits per heavy atom. The van der Waals surface area contributed by atoms with E-state index >= 15 is 0 Å². The smallest absolute Gasteiger partial charge is 0.254 e. The van der Waals surface area contributed by atoms with Crippen LogP contribution in [-0.2, 0) is 0 Å². The summed E-state index contributed by atoms with van der Waals surface area (Å²) in [5, 5.41) is 11.8. The second-order valence-corrected chi connectivity index (χ2v) is 4.35. The molecule has 0 fully saturated rings. The number of carbonyl (C=O) groups is 1. The molecule has 0 saturated heterocycles. The number of aliphatic hydroxyl groups is 1. The van der Waals surface area contributed by atoms with Crippen molar-refractivity contribution in [1.29, 1.82) is 0 Å². The SMILES string of the molecule is CCC(C)(CO)NC(=O)c1cccc(OC)c1F. The van der Waals surface area contributed by atoms with Crippen molar-refractivity contribution in [3.05, 3.63) is 29.6 Å². The predicted molar refractivity (Wildman–Crippen MR) is 66.2 cm³/mol. The van der Waals surface area contributed by atoms with Gasteiger partial charge in [0.1, 0.15) is 0 Å². The Hall–Kier alpha value is -1.62. The first-order valence-corrected chi connectivity index (χ1v) is 5.73. The van der Waals surface area contributed by atoms with Gasteiger partial charge in [0.15, 0.2) is 11.6 Å². The van der Waals surface area contributed by atoms with Gasteiger partial charge < -0.3 is 15.2 Å².